The molecule has 0 fully saturated rings. The van der Waals surface area contributed by atoms with Gasteiger partial charge in [-0.15, -0.1) is 0 Å². The van der Waals surface area contributed by atoms with E-state index in [0.717, 1.165) is 0 Å². The van der Waals surface area contributed by atoms with Gasteiger partial charge in [-0.3, -0.25) is 0 Å². The Balaban J connectivity index is -0.00000000800. The first-order valence-corrected chi connectivity index (χ1v) is 2.68. The molecular weight excluding hydrogens is 237 g/mol. The molecule has 0 aromatic carbocycles. The average Bonchev–Trinajstić information content (AvgIpc) is 0.722. The SMILES string of the molecule is O.O[Si](O)(O)O.[AlH3].[CaH2].[KH].[NaH]. The predicted molar refractivity (Wildman–Crippen MR) is 51.0 cm³/mol. The van der Waals surface area contributed by atoms with E-state index in [1.807, 2.05) is 0 Å². The predicted octanol–water partition coefficient (Wildman–Crippen LogP) is -6.83. The van der Waals surface area contributed by atoms with Gasteiger partial charge in [-0.1, -0.05) is 0 Å². The van der Waals surface area contributed by atoms with E-state index in [-0.39, 0.29) is 142 Å². The Hall–Kier alpha value is 4.45. The zero-order chi connectivity index (χ0) is 4.50. The van der Waals surface area contributed by atoms with Gasteiger partial charge >= 0.3 is 128 Å². The van der Waals surface area contributed by atoms with Gasteiger partial charge in [-0.2, -0.15) is 0 Å². The van der Waals surface area contributed by atoms with Crippen LogP contribution in [0.3, 0.4) is 0 Å². The Morgan fingerprint density at radius 3 is 0.900 bits per heavy atom. The third-order valence-electron chi connectivity index (χ3n) is 0. The Bertz CT molecular complexity index is 37.1. The summed E-state index contributed by atoms with van der Waals surface area (Å²) < 4.78 is 0. The van der Waals surface area contributed by atoms with Gasteiger partial charge in [0.05, 0.1) is 0 Å². The summed E-state index contributed by atoms with van der Waals surface area (Å²) in [6, 6.07) is 0. The van der Waals surface area contributed by atoms with E-state index in [1.165, 1.54) is 0 Å². The third kappa shape index (κ3) is 82.5. The first-order valence-electron chi connectivity index (χ1n) is 0.894. The fourth-order valence-electron chi connectivity index (χ4n) is 0. The molecule has 0 aromatic heterocycles. The quantitative estimate of drug-likeness (QED) is 0.320. The maximum absolute atomic E-state index is 7.33. The standard InChI is InChI=1S/Al.Ca.K.Na.H4O4Si.H2O.7H/c;;;;1-5(2,3)4;;;;;;;;/h;;;;1-4H;1H2;;;;;;;. The second kappa shape index (κ2) is 19.1. The molecule has 0 radical (unpaired) electrons. The molecule has 0 unspecified atom stereocenters. The van der Waals surface area contributed by atoms with Crippen LogP contribution >= 0.6 is 0 Å². The van der Waals surface area contributed by atoms with Crippen molar-refractivity contribution in [3.8, 4) is 0 Å². The van der Waals surface area contributed by atoms with Crippen LogP contribution in [-0.2, 0) is 0 Å². The molecule has 0 heterocycles. The third-order valence-corrected chi connectivity index (χ3v) is 0. The molecule has 0 aromatic rings. The summed E-state index contributed by atoms with van der Waals surface area (Å²) in [5.74, 6) is 0. The topological polar surface area (TPSA) is 112 Å². The van der Waals surface area contributed by atoms with E-state index >= 15 is 0 Å². The van der Waals surface area contributed by atoms with Crippen molar-refractivity contribution in [3.05, 3.63) is 0 Å². The number of rotatable bonds is 0. The molecule has 0 atom stereocenters. The molecular formula is H13AlCaKNaO5Si. The Morgan fingerprint density at radius 2 is 0.900 bits per heavy atom. The summed E-state index contributed by atoms with van der Waals surface area (Å²) in [7, 11) is -4.61. The molecule has 10 heavy (non-hydrogen) atoms. The summed E-state index contributed by atoms with van der Waals surface area (Å²) in [5.41, 5.74) is 0. The normalized spacial score (nSPS) is 6.00. The fraction of sp³-hybridized carbons (Fsp3) is 0. The minimum absolute atomic E-state index is 0. The van der Waals surface area contributed by atoms with E-state index in [2.05, 4.69) is 0 Å². The van der Waals surface area contributed by atoms with E-state index in [0.29, 0.717) is 0 Å². The number of hydrogen-bond donors (Lipinski definition) is 4. The summed E-state index contributed by atoms with van der Waals surface area (Å²) in [5, 5.41) is 0. The molecule has 0 spiro atoms. The van der Waals surface area contributed by atoms with Gasteiger partial charge in [0.25, 0.3) is 0 Å². The van der Waals surface area contributed by atoms with Crippen molar-refractivity contribution in [1.29, 1.82) is 0 Å². The van der Waals surface area contributed by atoms with Crippen molar-refractivity contribution in [2.45, 2.75) is 0 Å². The van der Waals surface area contributed by atoms with Gasteiger partial charge in [0.1, 0.15) is 0 Å². The molecule has 0 saturated heterocycles. The Morgan fingerprint density at radius 1 is 0.900 bits per heavy atom. The van der Waals surface area contributed by atoms with Crippen LogP contribution in [0.5, 0.6) is 0 Å². The molecule has 0 rings (SSSR count). The van der Waals surface area contributed by atoms with Gasteiger partial charge < -0.3 is 24.7 Å². The molecule has 6 N–H and O–H groups in total. The van der Waals surface area contributed by atoms with Crippen LogP contribution < -0.4 is 0 Å². The van der Waals surface area contributed by atoms with E-state index in [1.54, 1.807) is 0 Å². The molecule has 5 nitrogen and oxygen atoms in total. The molecule has 0 aliphatic heterocycles. The second-order valence-electron chi connectivity index (χ2n) is 0.600. The van der Waals surface area contributed by atoms with Crippen LogP contribution in [0.15, 0.2) is 0 Å². The van der Waals surface area contributed by atoms with Crippen molar-refractivity contribution in [2.24, 2.45) is 0 Å². The van der Waals surface area contributed by atoms with E-state index in [9.17, 15) is 0 Å². The summed E-state index contributed by atoms with van der Waals surface area (Å²) in [6.07, 6.45) is 0. The van der Waals surface area contributed by atoms with Crippen LogP contribution in [0.25, 0.3) is 0 Å². The fourth-order valence-corrected chi connectivity index (χ4v) is 0. The number of hydrogen-bond acceptors (Lipinski definition) is 4. The van der Waals surface area contributed by atoms with E-state index < -0.39 is 9.05 Å². The minimum atomic E-state index is -4.61. The van der Waals surface area contributed by atoms with Crippen molar-refractivity contribution in [2.75, 3.05) is 0 Å². The molecule has 0 saturated carbocycles. The average molecular weight is 250 g/mol. The monoisotopic (exact) mass is 250 g/mol. The summed E-state index contributed by atoms with van der Waals surface area (Å²) in [4.78, 5) is 29.3. The van der Waals surface area contributed by atoms with Crippen molar-refractivity contribution < 1.29 is 24.7 Å². The molecule has 0 aliphatic rings. The zero-order valence-corrected chi connectivity index (χ0v) is 3.79. The van der Waals surface area contributed by atoms with Gasteiger partial charge in [-0.25, -0.2) is 0 Å². The molecule has 54 valence electrons. The summed E-state index contributed by atoms with van der Waals surface area (Å²) >= 11 is 0. The zero-order valence-electron chi connectivity index (χ0n) is 2.79. The van der Waals surface area contributed by atoms with Crippen molar-refractivity contribution in [1.82, 2.24) is 0 Å². The van der Waals surface area contributed by atoms with Gasteiger partial charge in [-0.05, 0) is 0 Å². The first kappa shape index (κ1) is 36.6. The van der Waals surface area contributed by atoms with Crippen molar-refractivity contribution in [3.63, 3.8) is 0 Å². The van der Waals surface area contributed by atoms with Crippen LogP contribution in [0.1, 0.15) is 0 Å². The van der Waals surface area contributed by atoms with E-state index in [4.69, 9.17) is 19.2 Å². The van der Waals surface area contributed by atoms with Crippen molar-refractivity contribution >= 4 is 145 Å². The maximum atomic E-state index is 7.33. The van der Waals surface area contributed by atoms with Gasteiger partial charge in [0.15, 0.2) is 17.4 Å². The molecule has 0 bridgehead atoms. The second-order valence-corrected chi connectivity index (χ2v) is 1.80. The van der Waals surface area contributed by atoms with Gasteiger partial charge in [0.2, 0.25) is 0 Å². The van der Waals surface area contributed by atoms with Crippen LogP contribution in [-0.4, -0.2) is 170 Å². The Labute approximate surface area is 165 Å². The summed E-state index contributed by atoms with van der Waals surface area (Å²) in [6.45, 7) is 0. The van der Waals surface area contributed by atoms with Crippen LogP contribution in [0.4, 0.5) is 0 Å². The molecule has 0 aliphatic carbocycles. The van der Waals surface area contributed by atoms with Gasteiger partial charge in [0, 0.05) is 0 Å². The first-order chi connectivity index (χ1) is 2.00. The molecule has 0 amide bonds. The van der Waals surface area contributed by atoms with Crippen LogP contribution in [0.2, 0.25) is 0 Å². The molecule has 10 heteroatoms. The van der Waals surface area contributed by atoms with Crippen LogP contribution in [0, 0.1) is 0 Å². The Kier molecular flexibility index (Phi) is 69.9.